The van der Waals surface area contributed by atoms with Crippen LogP contribution in [0.2, 0.25) is 0 Å². The minimum atomic E-state index is 0.225. The molecule has 0 amide bonds. The van der Waals surface area contributed by atoms with Gasteiger partial charge in [-0.3, -0.25) is 0 Å². The standard InChI is InChI=1S/C28H33NO4/c1-3-4-5-6-7-8-9-10-21-20-11-12-24(31-2)28(30)23(20)17-29-14-13-19-15-25-26(33-18-32-25)16-22(19)27(21)29/h11-12,15-17H,3-10,13-14,18H2,1-2H3/p+1. The van der Waals surface area contributed by atoms with Crippen LogP contribution in [0, 0.1) is 0 Å². The third-order valence-corrected chi connectivity index (χ3v) is 7.09. The van der Waals surface area contributed by atoms with E-state index in [2.05, 4.69) is 35.9 Å². The number of phenolic OH excluding ortho intramolecular Hbond substituents is 1. The molecule has 2 aromatic carbocycles. The molecule has 5 rings (SSSR count). The zero-order valence-electron chi connectivity index (χ0n) is 19.8. The van der Waals surface area contributed by atoms with Gasteiger partial charge in [0.1, 0.15) is 0 Å². The van der Waals surface area contributed by atoms with E-state index in [4.69, 9.17) is 14.2 Å². The number of pyridine rings is 1. The van der Waals surface area contributed by atoms with Gasteiger partial charge in [-0.2, -0.15) is 4.57 Å². The molecule has 0 bridgehead atoms. The average Bonchev–Trinajstić information content (AvgIpc) is 3.29. The summed E-state index contributed by atoms with van der Waals surface area (Å²) in [6.45, 7) is 3.42. The molecular formula is C28H34NO4+. The van der Waals surface area contributed by atoms with Crippen molar-refractivity contribution in [3.63, 3.8) is 0 Å². The van der Waals surface area contributed by atoms with Crippen molar-refractivity contribution >= 4 is 10.8 Å². The van der Waals surface area contributed by atoms with Crippen LogP contribution >= 0.6 is 0 Å². The predicted octanol–water partition coefficient (Wildman–Crippen LogP) is 6.09. The lowest BCUT2D eigenvalue weighted by Gasteiger charge is -2.20. The van der Waals surface area contributed by atoms with Gasteiger partial charge in [0, 0.05) is 17.4 Å². The molecule has 174 valence electrons. The smallest absolute Gasteiger partial charge is 0.231 e. The van der Waals surface area contributed by atoms with Gasteiger partial charge in [0.05, 0.1) is 18.1 Å². The monoisotopic (exact) mass is 448 g/mol. The second-order valence-corrected chi connectivity index (χ2v) is 9.21. The Morgan fingerprint density at radius 2 is 1.73 bits per heavy atom. The van der Waals surface area contributed by atoms with Crippen molar-refractivity contribution in [1.29, 1.82) is 0 Å². The van der Waals surface area contributed by atoms with Crippen LogP contribution < -0.4 is 18.8 Å². The molecule has 0 saturated heterocycles. The molecule has 3 aromatic rings. The molecule has 0 atom stereocenters. The van der Waals surface area contributed by atoms with Crippen molar-refractivity contribution in [2.24, 2.45) is 0 Å². The maximum atomic E-state index is 10.9. The summed E-state index contributed by atoms with van der Waals surface area (Å²) in [6, 6.07) is 8.28. The normalized spacial score (nSPS) is 13.8. The minimum Gasteiger partial charge on any atom is -0.504 e. The zero-order valence-corrected chi connectivity index (χ0v) is 19.8. The van der Waals surface area contributed by atoms with E-state index in [1.165, 1.54) is 60.9 Å². The van der Waals surface area contributed by atoms with Crippen molar-refractivity contribution in [3.8, 4) is 34.3 Å². The van der Waals surface area contributed by atoms with Crippen LogP contribution in [0.1, 0.15) is 63.0 Å². The maximum absolute atomic E-state index is 10.9. The fourth-order valence-electron chi connectivity index (χ4n) is 5.33. The Morgan fingerprint density at radius 1 is 0.970 bits per heavy atom. The number of rotatable bonds is 9. The van der Waals surface area contributed by atoms with E-state index >= 15 is 0 Å². The summed E-state index contributed by atoms with van der Waals surface area (Å²) in [5.41, 5.74) is 5.08. The fourth-order valence-corrected chi connectivity index (χ4v) is 5.33. The number of fused-ring (bicyclic) bond motifs is 5. The number of aryl methyl sites for hydroxylation is 3. The third-order valence-electron chi connectivity index (χ3n) is 7.09. The van der Waals surface area contributed by atoms with Crippen LogP contribution in [0.25, 0.3) is 22.0 Å². The number of aromatic hydroxyl groups is 1. The van der Waals surface area contributed by atoms with Crippen LogP contribution in [-0.4, -0.2) is 19.0 Å². The van der Waals surface area contributed by atoms with Crippen molar-refractivity contribution in [3.05, 3.63) is 41.6 Å². The topological polar surface area (TPSA) is 51.8 Å². The van der Waals surface area contributed by atoms with E-state index in [1.807, 2.05) is 6.07 Å². The molecule has 33 heavy (non-hydrogen) atoms. The summed E-state index contributed by atoms with van der Waals surface area (Å²) in [7, 11) is 1.60. The first-order valence-corrected chi connectivity index (χ1v) is 12.4. The molecule has 5 heteroatoms. The molecule has 0 aliphatic carbocycles. The van der Waals surface area contributed by atoms with Gasteiger partial charge in [-0.25, -0.2) is 0 Å². The first-order chi connectivity index (χ1) is 16.2. The number of aromatic nitrogens is 1. The number of benzene rings is 2. The summed E-state index contributed by atoms with van der Waals surface area (Å²) in [4.78, 5) is 0. The Bertz CT molecular complexity index is 1170. The Morgan fingerprint density at radius 3 is 2.52 bits per heavy atom. The summed E-state index contributed by atoms with van der Waals surface area (Å²) >= 11 is 0. The van der Waals surface area contributed by atoms with Crippen molar-refractivity contribution in [1.82, 2.24) is 0 Å². The molecule has 1 N–H and O–H groups in total. The van der Waals surface area contributed by atoms with Crippen molar-refractivity contribution < 1.29 is 23.9 Å². The molecule has 0 spiro atoms. The molecule has 2 aliphatic heterocycles. The number of methoxy groups -OCH3 is 1. The van der Waals surface area contributed by atoms with Gasteiger partial charge >= 0.3 is 0 Å². The zero-order chi connectivity index (χ0) is 22.8. The Labute approximate surface area is 195 Å². The highest BCUT2D eigenvalue weighted by Crippen LogP contribution is 2.43. The summed E-state index contributed by atoms with van der Waals surface area (Å²) in [5, 5.41) is 12.9. The molecule has 0 unspecified atom stereocenters. The number of hydrogen-bond donors (Lipinski definition) is 1. The Balaban J connectivity index is 1.55. The van der Waals surface area contributed by atoms with E-state index in [9.17, 15) is 5.11 Å². The predicted molar refractivity (Wildman–Crippen MR) is 129 cm³/mol. The number of hydrogen-bond acceptors (Lipinski definition) is 4. The lowest BCUT2D eigenvalue weighted by Crippen LogP contribution is -2.41. The highest BCUT2D eigenvalue weighted by molar-refractivity contribution is 5.94. The number of unbranched alkanes of at least 4 members (excludes halogenated alkanes) is 6. The van der Waals surface area contributed by atoms with Crippen molar-refractivity contribution in [2.75, 3.05) is 13.9 Å². The van der Waals surface area contributed by atoms with Gasteiger partial charge in [0.15, 0.2) is 35.7 Å². The summed E-state index contributed by atoms with van der Waals surface area (Å²) < 4.78 is 19.1. The summed E-state index contributed by atoms with van der Waals surface area (Å²) in [5.74, 6) is 2.41. The van der Waals surface area contributed by atoms with Gasteiger partial charge in [0.25, 0.3) is 0 Å². The van der Waals surface area contributed by atoms with Gasteiger partial charge in [-0.05, 0) is 42.7 Å². The van der Waals surface area contributed by atoms with Crippen LogP contribution in [0.5, 0.6) is 23.0 Å². The first kappa shape index (κ1) is 21.9. The van der Waals surface area contributed by atoms with Crippen LogP contribution in [0.15, 0.2) is 30.5 Å². The molecule has 0 fully saturated rings. The number of nitrogens with zero attached hydrogens (tertiary/aromatic N) is 1. The second kappa shape index (κ2) is 9.50. The van der Waals surface area contributed by atoms with E-state index < -0.39 is 0 Å². The first-order valence-electron chi connectivity index (χ1n) is 12.4. The Kier molecular flexibility index (Phi) is 6.30. The second-order valence-electron chi connectivity index (χ2n) is 9.21. The number of phenols is 1. The van der Waals surface area contributed by atoms with Gasteiger partial charge < -0.3 is 19.3 Å². The molecule has 5 nitrogen and oxygen atoms in total. The van der Waals surface area contributed by atoms with E-state index in [0.717, 1.165) is 48.1 Å². The minimum absolute atomic E-state index is 0.225. The van der Waals surface area contributed by atoms with Crippen LogP contribution in [0.3, 0.4) is 0 Å². The van der Waals surface area contributed by atoms with Gasteiger partial charge in [-0.15, -0.1) is 0 Å². The molecule has 3 heterocycles. The van der Waals surface area contributed by atoms with E-state index in [0.29, 0.717) is 5.75 Å². The average molecular weight is 449 g/mol. The molecule has 2 aliphatic rings. The quantitative estimate of drug-likeness (QED) is 0.318. The molecule has 1 aromatic heterocycles. The fraction of sp³-hybridized carbons (Fsp3) is 0.464. The van der Waals surface area contributed by atoms with Crippen LogP contribution in [-0.2, 0) is 19.4 Å². The van der Waals surface area contributed by atoms with Crippen LogP contribution in [0.4, 0.5) is 0 Å². The summed E-state index contributed by atoms with van der Waals surface area (Å²) in [6.07, 6.45) is 12.9. The van der Waals surface area contributed by atoms with Gasteiger partial charge in [0.2, 0.25) is 12.5 Å². The lowest BCUT2D eigenvalue weighted by atomic mass is 9.89. The highest BCUT2D eigenvalue weighted by atomic mass is 16.7. The Hall–Kier alpha value is -2.95. The lowest BCUT2D eigenvalue weighted by molar-refractivity contribution is -0.686. The van der Waals surface area contributed by atoms with E-state index in [1.54, 1.807) is 7.11 Å². The maximum Gasteiger partial charge on any atom is 0.231 e. The number of ether oxygens (including phenoxy) is 3. The van der Waals surface area contributed by atoms with Gasteiger partial charge in [-0.1, -0.05) is 45.4 Å². The molecule has 0 saturated carbocycles. The molecule has 0 radical (unpaired) electrons. The largest absolute Gasteiger partial charge is 0.504 e. The van der Waals surface area contributed by atoms with E-state index in [-0.39, 0.29) is 12.5 Å². The third kappa shape index (κ3) is 4.09. The molecular weight excluding hydrogens is 414 g/mol. The SMILES string of the molecule is CCCCCCCCCc1c2[n+](cc3c(O)c(OC)ccc13)CCc1cc3c(cc1-2)OCO3. The highest BCUT2D eigenvalue weighted by Gasteiger charge is 2.31. The van der Waals surface area contributed by atoms with Crippen molar-refractivity contribution in [2.45, 2.75) is 71.3 Å².